The standard InChI is InChI=1S/C26H25NO3S/c1-2-3-4-7-18-29-21-14-12-20(13-15-21)26(28)30-22-16-10-19(11-17-22)25-27-23-8-5-6-9-24(23)31-25/h5-6,8-17H,2-4,7,18H2,1H3. The maximum Gasteiger partial charge on any atom is 0.343 e. The molecule has 0 fully saturated rings. The molecule has 0 spiro atoms. The number of benzene rings is 3. The number of nitrogens with zero attached hydrogens (tertiary/aromatic N) is 1. The first kappa shape index (κ1) is 21.1. The summed E-state index contributed by atoms with van der Waals surface area (Å²) in [6.45, 7) is 2.89. The minimum Gasteiger partial charge on any atom is -0.494 e. The first-order chi connectivity index (χ1) is 15.2. The normalized spacial score (nSPS) is 10.9. The second-order valence-corrected chi connectivity index (χ2v) is 8.36. The largest absolute Gasteiger partial charge is 0.494 e. The molecule has 0 atom stereocenters. The van der Waals surface area contributed by atoms with E-state index in [0.29, 0.717) is 17.9 Å². The van der Waals surface area contributed by atoms with Crippen LogP contribution in [0.5, 0.6) is 11.5 Å². The molecule has 0 unspecified atom stereocenters. The fourth-order valence-electron chi connectivity index (χ4n) is 3.23. The number of fused-ring (bicyclic) bond motifs is 1. The fraction of sp³-hybridized carbons (Fsp3) is 0.231. The molecule has 0 bridgehead atoms. The van der Waals surface area contributed by atoms with Crippen molar-refractivity contribution in [3.05, 3.63) is 78.4 Å². The van der Waals surface area contributed by atoms with Crippen LogP contribution in [0.15, 0.2) is 72.8 Å². The van der Waals surface area contributed by atoms with E-state index in [0.717, 1.165) is 33.0 Å². The number of ether oxygens (including phenoxy) is 2. The van der Waals surface area contributed by atoms with Gasteiger partial charge in [-0.15, -0.1) is 11.3 Å². The second-order valence-electron chi connectivity index (χ2n) is 7.33. The van der Waals surface area contributed by atoms with Gasteiger partial charge in [0.15, 0.2) is 0 Å². The quantitative estimate of drug-likeness (QED) is 0.160. The van der Waals surface area contributed by atoms with Crippen LogP contribution in [-0.4, -0.2) is 17.6 Å². The molecule has 31 heavy (non-hydrogen) atoms. The average molecular weight is 432 g/mol. The Balaban J connectivity index is 1.34. The molecule has 3 aromatic carbocycles. The van der Waals surface area contributed by atoms with Gasteiger partial charge in [0.05, 0.1) is 22.4 Å². The Morgan fingerprint density at radius 3 is 2.35 bits per heavy atom. The Morgan fingerprint density at radius 2 is 1.61 bits per heavy atom. The minimum atomic E-state index is -0.387. The number of rotatable bonds is 9. The van der Waals surface area contributed by atoms with Crippen LogP contribution in [0.4, 0.5) is 0 Å². The van der Waals surface area contributed by atoms with Crippen molar-refractivity contribution < 1.29 is 14.3 Å². The molecule has 0 amide bonds. The first-order valence-electron chi connectivity index (χ1n) is 10.6. The van der Waals surface area contributed by atoms with Crippen molar-refractivity contribution in [1.29, 1.82) is 0 Å². The van der Waals surface area contributed by atoms with Crippen molar-refractivity contribution in [2.45, 2.75) is 32.6 Å². The van der Waals surface area contributed by atoms with Crippen molar-refractivity contribution in [2.75, 3.05) is 6.61 Å². The van der Waals surface area contributed by atoms with Crippen molar-refractivity contribution in [3.63, 3.8) is 0 Å². The van der Waals surface area contributed by atoms with Gasteiger partial charge in [-0.25, -0.2) is 9.78 Å². The number of thiazole rings is 1. The van der Waals surface area contributed by atoms with Crippen molar-refractivity contribution >= 4 is 27.5 Å². The van der Waals surface area contributed by atoms with Crippen molar-refractivity contribution in [3.8, 4) is 22.1 Å². The predicted octanol–water partition coefficient (Wildman–Crippen LogP) is 7.14. The third-order valence-electron chi connectivity index (χ3n) is 4.96. The first-order valence-corrected chi connectivity index (χ1v) is 11.5. The zero-order chi connectivity index (χ0) is 21.5. The van der Waals surface area contributed by atoms with Crippen LogP contribution in [0.25, 0.3) is 20.8 Å². The topological polar surface area (TPSA) is 48.4 Å². The Hall–Kier alpha value is -3.18. The molecule has 1 heterocycles. The second kappa shape index (κ2) is 10.2. The zero-order valence-electron chi connectivity index (χ0n) is 17.5. The molecular formula is C26H25NO3S. The highest BCUT2D eigenvalue weighted by atomic mass is 32.1. The third-order valence-corrected chi connectivity index (χ3v) is 6.05. The smallest absolute Gasteiger partial charge is 0.343 e. The van der Waals surface area contributed by atoms with E-state index in [1.54, 1.807) is 35.6 Å². The van der Waals surface area contributed by atoms with Gasteiger partial charge in [0.1, 0.15) is 16.5 Å². The van der Waals surface area contributed by atoms with E-state index in [1.807, 2.05) is 42.5 Å². The maximum atomic E-state index is 12.5. The van der Waals surface area contributed by atoms with Crippen LogP contribution in [0.1, 0.15) is 43.0 Å². The van der Waals surface area contributed by atoms with Crippen LogP contribution in [0.3, 0.4) is 0 Å². The number of unbranched alkanes of at least 4 members (excludes halogenated alkanes) is 3. The summed E-state index contributed by atoms with van der Waals surface area (Å²) in [7, 11) is 0. The van der Waals surface area contributed by atoms with Crippen LogP contribution in [0.2, 0.25) is 0 Å². The molecule has 4 rings (SSSR count). The van der Waals surface area contributed by atoms with E-state index in [1.165, 1.54) is 19.3 Å². The summed E-state index contributed by atoms with van der Waals surface area (Å²) in [6.07, 6.45) is 4.67. The molecule has 0 N–H and O–H groups in total. The molecule has 4 nitrogen and oxygen atoms in total. The molecule has 0 saturated heterocycles. The lowest BCUT2D eigenvalue weighted by molar-refractivity contribution is 0.0734. The van der Waals surface area contributed by atoms with Gasteiger partial charge < -0.3 is 9.47 Å². The monoisotopic (exact) mass is 431 g/mol. The zero-order valence-corrected chi connectivity index (χ0v) is 18.4. The summed E-state index contributed by atoms with van der Waals surface area (Å²) < 4.78 is 12.4. The van der Waals surface area contributed by atoms with Gasteiger partial charge in [-0.2, -0.15) is 0 Å². The number of esters is 1. The number of carbonyl (C=O) groups is 1. The summed E-state index contributed by atoms with van der Waals surface area (Å²) >= 11 is 1.65. The van der Waals surface area contributed by atoms with Gasteiger partial charge in [-0.1, -0.05) is 38.3 Å². The summed E-state index contributed by atoms with van der Waals surface area (Å²) in [6, 6.07) is 22.6. The molecule has 1 aromatic heterocycles. The minimum absolute atomic E-state index is 0.387. The van der Waals surface area contributed by atoms with Crippen LogP contribution in [-0.2, 0) is 0 Å². The molecule has 4 aromatic rings. The Kier molecular flexibility index (Phi) is 6.95. The molecule has 0 aliphatic carbocycles. The molecule has 5 heteroatoms. The molecular weight excluding hydrogens is 406 g/mol. The van der Waals surface area contributed by atoms with E-state index in [-0.39, 0.29) is 5.97 Å². The Labute approximate surface area is 186 Å². The maximum absolute atomic E-state index is 12.5. The van der Waals surface area contributed by atoms with Gasteiger partial charge in [0, 0.05) is 5.56 Å². The molecule has 0 saturated carbocycles. The summed E-state index contributed by atoms with van der Waals surface area (Å²) in [5, 5.41) is 0.948. The van der Waals surface area contributed by atoms with Gasteiger partial charge in [0.25, 0.3) is 0 Å². The highest BCUT2D eigenvalue weighted by Crippen LogP contribution is 2.31. The van der Waals surface area contributed by atoms with Gasteiger partial charge >= 0.3 is 5.97 Å². The van der Waals surface area contributed by atoms with E-state index in [9.17, 15) is 4.79 Å². The van der Waals surface area contributed by atoms with Gasteiger partial charge in [0.2, 0.25) is 0 Å². The van der Waals surface area contributed by atoms with Crippen molar-refractivity contribution in [2.24, 2.45) is 0 Å². The summed E-state index contributed by atoms with van der Waals surface area (Å²) in [4.78, 5) is 17.1. The average Bonchev–Trinajstić information content (AvgIpc) is 3.24. The lowest BCUT2D eigenvalue weighted by atomic mass is 10.2. The number of aromatic nitrogens is 1. The van der Waals surface area contributed by atoms with Gasteiger partial charge in [-0.3, -0.25) is 0 Å². The van der Waals surface area contributed by atoms with Gasteiger partial charge in [-0.05, 0) is 67.1 Å². The number of hydrogen-bond donors (Lipinski definition) is 0. The number of para-hydroxylation sites is 1. The van der Waals surface area contributed by atoms with Crippen molar-refractivity contribution in [1.82, 2.24) is 4.98 Å². The SMILES string of the molecule is CCCCCCOc1ccc(C(=O)Oc2ccc(-c3nc4ccccc4s3)cc2)cc1. The lowest BCUT2D eigenvalue weighted by Crippen LogP contribution is -2.08. The Morgan fingerprint density at radius 1 is 0.871 bits per heavy atom. The Bertz CT molecular complexity index is 1100. The molecule has 0 aliphatic heterocycles. The van der Waals surface area contributed by atoms with Crippen LogP contribution in [0, 0.1) is 0 Å². The van der Waals surface area contributed by atoms with Crippen LogP contribution < -0.4 is 9.47 Å². The highest BCUT2D eigenvalue weighted by Gasteiger charge is 2.10. The summed E-state index contributed by atoms with van der Waals surface area (Å²) in [5.74, 6) is 0.890. The fourth-order valence-corrected chi connectivity index (χ4v) is 4.20. The molecule has 0 radical (unpaired) electrons. The molecule has 158 valence electrons. The predicted molar refractivity (Wildman–Crippen MR) is 126 cm³/mol. The number of carbonyl (C=O) groups excluding carboxylic acids is 1. The molecule has 0 aliphatic rings. The van der Waals surface area contributed by atoms with E-state index < -0.39 is 0 Å². The third kappa shape index (κ3) is 5.50. The summed E-state index contributed by atoms with van der Waals surface area (Å²) in [5.41, 5.74) is 2.49. The highest BCUT2D eigenvalue weighted by molar-refractivity contribution is 7.21. The van der Waals surface area contributed by atoms with E-state index in [4.69, 9.17) is 9.47 Å². The van der Waals surface area contributed by atoms with E-state index >= 15 is 0 Å². The number of hydrogen-bond acceptors (Lipinski definition) is 5. The van der Waals surface area contributed by atoms with Crippen LogP contribution >= 0.6 is 11.3 Å². The van der Waals surface area contributed by atoms with E-state index in [2.05, 4.69) is 18.0 Å². The lowest BCUT2D eigenvalue weighted by Gasteiger charge is -2.08.